The van der Waals surface area contributed by atoms with Crippen LogP contribution in [0.1, 0.15) is 12.8 Å². The van der Waals surface area contributed by atoms with Gasteiger partial charge in [-0.1, -0.05) is 8.41 Å². The molecule has 0 aromatic rings. The first kappa shape index (κ1) is 10.7. The second kappa shape index (κ2) is 4.88. The van der Waals surface area contributed by atoms with Crippen molar-refractivity contribution in [2.45, 2.75) is 12.8 Å². The Balaban J connectivity index is 0. The van der Waals surface area contributed by atoms with Crippen molar-refractivity contribution in [3.05, 3.63) is 0 Å². The molecule has 0 N–H and O–H groups in total. The van der Waals surface area contributed by atoms with Crippen molar-refractivity contribution in [2.75, 3.05) is 0 Å². The van der Waals surface area contributed by atoms with Crippen LogP contribution in [0.5, 0.6) is 0 Å². The van der Waals surface area contributed by atoms with Gasteiger partial charge in [0, 0.05) is 5.92 Å². The van der Waals surface area contributed by atoms with Gasteiger partial charge in [-0.3, -0.25) is 0 Å². The van der Waals surface area contributed by atoms with Gasteiger partial charge in [0.25, 0.3) is 0 Å². The van der Waals surface area contributed by atoms with Crippen LogP contribution in [0, 0.1) is 5.92 Å². The van der Waals surface area contributed by atoms with E-state index < -0.39 is 0 Å². The summed E-state index contributed by atoms with van der Waals surface area (Å²) < 4.78 is 0. The fraction of sp³-hybridized carbons (Fsp3) is 0.750. The molecule has 1 fully saturated rings. The fourth-order valence-electron chi connectivity index (χ4n) is 0.232. The number of hydrogen-bond acceptors (Lipinski definition) is 1. The minimum atomic E-state index is 0. The van der Waals surface area contributed by atoms with Crippen molar-refractivity contribution < 1.29 is 34.4 Å². The molecule has 0 bridgehead atoms. The Hall–Kier alpha value is 0.735. The van der Waals surface area contributed by atoms with E-state index in [0.29, 0.717) is 5.92 Å². The van der Waals surface area contributed by atoms with Gasteiger partial charge >= 0.3 is 29.6 Å². The zero-order valence-electron chi connectivity index (χ0n) is 3.98. The molecule has 0 spiro atoms. The molecule has 3 heteroatoms. The summed E-state index contributed by atoms with van der Waals surface area (Å²) in [4.78, 5) is 9.57. The molecule has 1 nitrogen and oxygen atoms in total. The molecule has 0 saturated heterocycles. The molecule has 1 rings (SSSR count). The van der Waals surface area contributed by atoms with Crippen molar-refractivity contribution in [3.63, 3.8) is 0 Å². The first-order valence-corrected chi connectivity index (χ1v) is 1.89. The average Bonchev–Trinajstić information content (AvgIpc) is 2.12. The standard InChI is InChI=1S/C4H6O.BH4.Na/c5-3-4-1-2-4;;/h3-4H,1-2H2;1H4;/q;-1;+1. The van der Waals surface area contributed by atoms with E-state index in [9.17, 15) is 4.79 Å². The van der Waals surface area contributed by atoms with Gasteiger partial charge in [-0.2, -0.15) is 0 Å². The van der Waals surface area contributed by atoms with Gasteiger partial charge in [0.05, 0.1) is 0 Å². The Morgan fingerprint density at radius 3 is 1.86 bits per heavy atom. The number of carbonyl (C=O) groups is 1. The third kappa shape index (κ3) is 4.59. The zero-order valence-corrected chi connectivity index (χ0v) is 5.98. The van der Waals surface area contributed by atoms with Gasteiger partial charge < -0.3 is 4.79 Å². The largest absolute Gasteiger partial charge is 1.00 e. The van der Waals surface area contributed by atoms with Crippen LogP contribution in [0.3, 0.4) is 0 Å². The summed E-state index contributed by atoms with van der Waals surface area (Å²) in [5.74, 6) is 0.454. The molecule has 0 aromatic carbocycles. The third-order valence-corrected chi connectivity index (χ3v) is 0.814. The van der Waals surface area contributed by atoms with E-state index in [4.69, 9.17) is 0 Å². The molecular weight excluding hydrogens is 97.8 g/mol. The third-order valence-electron chi connectivity index (χ3n) is 0.814. The molecule has 7 heavy (non-hydrogen) atoms. The van der Waals surface area contributed by atoms with E-state index in [-0.39, 0.29) is 38.0 Å². The van der Waals surface area contributed by atoms with Crippen LogP contribution in [-0.2, 0) is 4.79 Å². The Kier molecular flexibility index (Phi) is 7.44. The van der Waals surface area contributed by atoms with Gasteiger partial charge in [-0.15, -0.1) is 0 Å². The van der Waals surface area contributed by atoms with Crippen LogP contribution in [0.25, 0.3) is 0 Å². The topological polar surface area (TPSA) is 17.1 Å². The summed E-state index contributed by atoms with van der Waals surface area (Å²) in [6, 6.07) is 0. The molecule has 1 saturated carbocycles. The molecule has 0 atom stereocenters. The zero-order chi connectivity index (χ0) is 3.70. The molecule has 0 heterocycles. The number of hydrogen-bond donors (Lipinski definition) is 0. The van der Waals surface area contributed by atoms with Crippen LogP contribution in [-0.4, -0.2) is 14.7 Å². The average molecular weight is 108 g/mol. The van der Waals surface area contributed by atoms with E-state index >= 15 is 0 Å². The number of rotatable bonds is 1. The molecule has 0 unspecified atom stereocenters. The van der Waals surface area contributed by atoms with Gasteiger partial charge in [0.15, 0.2) is 0 Å². The van der Waals surface area contributed by atoms with Crippen molar-refractivity contribution >= 4 is 14.7 Å². The van der Waals surface area contributed by atoms with Crippen LogP contribution in [0.2, 0.25) is 0 Å². The molecule has 1 aliphatic rings. The summed E-state index contributed by atoms with van der Waals surface area (Å²) >= 11 is 0. The van der Waals surface area contributed by atoms with Crippen molar-refractivity contribution in [1.29, 1.82) is 0 Å². The summed E-state index contributed by atoms with van der Waals surface area (Å²) in [5.41, 5.74) is 0. The second-order valence-electron chi connectivity index (χ2n) is 1.47. The van der Waals surface area contributed by atoms with Crippen molar-refractivity contribution in [3.8, 4) is 0 Å². The van der Waals surface area contributed by atoms with Crippen LogP contribution in [0.4, 0.5) is 0 Å². The van der Waals surface area contributed by atoms with E-state index in [0.717, 1.165) is 19.1 Å². The summed E-state index contributed by atoms with van der Waals surface area (Å²) in [6.45, 7) is 0. The van der Waals surface area contributed by atoms with E-state index in [1.54, 1.807) is 0 Å². The molecule has 36 valence electrons. The Labute approximate surface area is 67.7 Å². The molecule has 0 aromatic heterocycles. The molecule has 0 amide bonds. The van der Waals surface area contributed by atoms with E-state index in [1.807, 2.05) is 0 Å². The Morgan fingerprint density at radius 2 is 1.86 bits per heavy atom. The molecule has 1 aliphatic carbocycles. The Morgan fingerprint density at radius 1 is 1.43 bits per heavy atom. The normalized spacial score (nSPS) is 16.0. The van der Waals surface area contributed by atoms with Crippen LogP contribution >= 0.6 is 0 Å². The Bertz CT molecular complexity index is 53.7. The fourth-order valence-corrected chi connectivity index (χ4v) is 0.232. The predicted molar refractivity (Wildman–Crippen MR) is 30.1 cm³/mol. The van der Waals surface area contributed by atoms with Crippen LogP contribution in [0.15, 0.2) is 0 Å². The van der Waals surface area contributed by atoms with Gasteiger partial charge in [0.2, 0.25) is 0 Å². The monoisotopic (exact) mass is 108 g/mol. The summed E-state index contributed by atoms with van der Waals surface area (Å²) in [6.07, 6.45) is 3.31. The minimum Gasteiger partial charge on any atom is -0.303 e. The van der Waals surface area contributed by atoms with Crippen molar-refractivity contribution in [1.82, 2.24) is 0 Å². The predicted octanol–water partition coefficient (Wildman–Crippen LogP) is -3.85. The molecule has 0 aliphatic heterocycles. The maximum Gasteiger partial charge on any atom is 1.00 e. The maximum absolute atomic E-state index is 9.57. The summed E-state index contributed by atoms with van der Waals surface area (Å²) in [5, 5.41) is 0. The van der Waals surface area contributed by atoms with E-state index in [1.165, 1.54) is 0 Å². The van der Waals surface area contributed by atoms with Gasteiger partial charge in [-0.25, -0.2) is 0 Å². The molecule has 0 radical (unpaired) electrons. The summed E-state index contributed by atoms with van der Waals surface area (Å²) in [7, 11) is 0. The smallest absolute Gasteiger partial charge is 0.303 e. The first-order chi connectivity index (χ1) is 2.43. The van der Waals surface area contributed by atoms with E-state index in [2.05, 4.69) is 0 Å². The van der Waals surface area contributed by atoms with Crippen LogP contribution < -0.4 is 29.6 Å². The number of aldehydes is 1. The number of carbonyl (C=O) groups excluding carboxylic acids is 1. The maximum atomic E-state index is 9.57. The van der Waals surface area contributed by atoms with Gasteiger partial charge in [-0.05, 0) is 12.8 Å². The minimum absolute atomic E-state index is 0. The van der Waals surface area contributed by atoms with Crippen molar-refractivity contribution in [2.24, 2.45) is 5.92 Å². The quantitative estimate of drug-likeness (QED) is 0.248. The first-order valence-electron chi connectivity index (χ1n) is 1.89. The van der Waals surface area contributed by atoms with Gasteiger partial charge in [0.1, 0.15) is 6.29 Å². The SMILES string of the molecule is O=CC1CC1.[BH4-].[Na+]. The molecular formula is C4H10BNaO. The second-order valence-corrected chi connectivity index (χ2v) is 1.47.